The fourth-order valence-corrected chi connectivity index (χ4v) is 8.45. The molecule has 55 heavy (non-hydrogen) atoms. The highest BCUT2D eigenvalue weighted by atomic mass is 32.3. The Kier molecular flexibility index (Phi) is 12.4. The number of nitrogen functional groups attached to an aromatic ring is 1. The first-order chi connectivity index (χ1) is 25.3. The van der Waals surface area contributed by atoms with E-state index in [-0.39, 0.29) is 21.2 Å². The second kappa shape index (κ2) is 16.0. The molecule has 296 valence electrons. The number of phenols is 1. The molecule has 0 aromatic heterocycles. The van der Waals surface area contributed by atoms with E-state index in [1.807, 2.05) is 0 Å². The first-order valence-electron chi connectivity index (χ1n) is 14.6. The van der Waals surface area contributed by atoms with Gasteiger partial charge in [-0.25, -0.2) is 21.0 Å². The van der Waals surface area contributed by atoms with Crippen molar-refractivity contribution in [3.63, 3.8) is 0 Å². The number of rotatable bonds is 15. The van der Waals surface area contributed by atoms with E-state index in [4.69, 9.17) is 10.3 Å². The van der Waals surface area contributed by atoms with Crippen LogP contribution in [0, 0.1) is 0 Å². The van der Waals surface area contributed by atoms with Crippen molar-refractivity contribution in [3.05, 3.63) is 60.7 Å². The van der Waals surface area contributed by atoms with Crippen molar-refractivity contribution in [2.24, 2.45) is 20.5 Å². The fourth-order valence-electron chi connectivity index (χ4n) is 4.54. The van der Waals surface area contributed by atoms with Gasteiger partial charge in [0.1, 0.15) is 27.8 Å². The van der Waals surface area contributed by atoms with Gasteiger partial charge in [-0.3, -0.25) is 18.5 Å². The standard InChI is InChI=1S/C28H27N5O17S5/c1-16(34)49-10-12-51(36,37)20-6-2-18(3-7-20)30-32-26-22(53(40,41)42)14-17-15-23(54(43,44)45)27(28(35)24(17)25(26)29)33-31-19-4-8-21(9-5-19)52(38,39)13-11-50-55(46,47)48/h2-9,14-15,35H,10-13,29H2,1H3,(H,40,41,42)(H,43,44,45)(H,46,47,48). The summed E-state index contributed by atoms with van der Waals surface area (Å²) in [4.78, 5) is 8.26. The molecule has 4 rings (SSSR count). The number of phenolic OH excluding ortho intramolecular Hbond substituents is 1. The van der Waals surface area contributed by atoms with Gasteiger partial charge >= 0.3 is 16.4 Å². The van der Waals surface area contributed by atoms with Gasteiger partial charge in [0.05, 0.1) is 50.4 Å². The Hall–Kier alpha value is -5.00. The number of carbonyl (C=O) groups is 1. The van der Waals surface area contributed by atoms with E-state index in [0.29, 0.717) is 12.1 Å². The van der Waals surface area contributed by atoms with Gasteiger partial charge in [0.2, 0.25) is 0 Å². The molecule has 0 radical (unpaired) electrons. The highest BCUT2D eigenvalue weighted by Crippen LogP contribution is 2.48. The minimum Gasteiger partial charge on any atom is -0.505 e. The summed E-state index contributed by atoms with van der Waals surface area (Å²) in [5.41, 5.74) is 3.55. The van der Waals surface area contributed by atoms with Crippen LogP contribution in [0.5, 0.6) is 5.75 Å². The Morgan fingerprint density at radius 2 is 1.07 bits per heavy atom. The second-order valence-electron chi connectivity index (χ2n) is 10.9. The van der Waals surface area contributed by atoms with E-state index in [1.165, 1.54) is 12.1 Å². The summed E-state index contributed by atoms with van der Waals surface area (Å²) in [5.74, 6) is -3.15. The largest absolute Gasteiger partial charge is 0.505 e. The van der Waals surface area contributed by atoms with Crippen molar-refractivity contribution in [2.45, 2.75) is 26.5 Å². The molecule has 0 aliphatic heterocycles. The number of carbonyl (C=O) groups excluding carboxylic acids is 1. The Morgan fingerprint density at radius 1 is 0.655 bits per heavy atom. The van der Waals surface area contributed by atoms with Crippen LogP contribution < -0.4 is 5.73 Å². The molecule has 22 nitrogen and oxygen atoms in total. The third-order valence-electron chi connectivity index (χ3n) is 7.03. The van der Waals surface area contributed by atoms with Crippen LogP contribution in [0.1, 0.15) is 6.92 Å². The first kappa shape index (κ1) is 42.7. The lowest BCUT2D eigenvalue weighted by Crippen LogP contribution is -2.15. The monoisotopic (exact) mass is 865 g/mol. The molecule has 0 amide bonds. The lowest BCUT2D eigenvalue weighted by Gasteiger charge is -2.14. The fraction of sp³-hybridized carbons (Fsp3) is 0.179. The second-order valence-corrected chi connectivity index (χ2v) is 19.0. The Morgan fingerprint density at radius 3 is 1.49 bits per heavy atom. The molecule has 0 aliphatic rings. The topological polar surface area (TPSA) is 363 Å². The quantitative estimate of drug-likeness (QED) is 0.0494. The van der Waals surface area contributed by atoms with Gasteiger partial charge in [-0.15, -0.1) is 10.2 Å². The predicted molar refractivity (Wildman–Crippen MR) is 189 cm³/mol. The normalized spacial score (nSPS) is 13.2. The summed E-state index contributed by atoms with van der Waals surface area (Å²) >= 11 is 0. The molecule has 0 bridgehead atoms. The number of aromatic hydroxyl groups is 1. The number of nitrogens with two attached hydrogens (primary N) is 1. The number of benzene rings is 4. The zero-order chi connectivity index (χ0) is 41.1. The molecule has 0 unspecified atom stereocenters. The van der Waals surface area contributed by atoms with Gasteiger partial charge in [0.15, 0.2) is 25.4 Å². The van der Waals surface area contributed by atoms with Gasteiger partial charge in [0.25, 0.3) is 20.2 Å². The van der Waals surface area contributed by atoms with Crippen LogP contribution in [0.4, 0.5) is 28.4 Å². The van der Waals surface area contributed by atoms with Crippen molar-refractivity contribution >= 4 is 95.5 Å². The van der Waals surface area contributed by atoms with Crippen LogP contribution in [-0.4, -0.2) is 91.5 Å². The zero-order valence-electron chi connectivity index (χ0n) is 27.6. The summed E-state index contributed by atoms with van der Waals surface area (Å²) in [6, 6.07) is 10.0. The van der Waals surface area contributed by atoms with Crippen molar-refractivity contribution in [1.29, 1.82) is 0 Å². The van der Waals surface area contributed by atoms with E-state index < -0.39 is 124 Å². The molecule has 4 aromatic carbocycles. The first-order valence-corrected chi connectivity index (χ1v) is 22.2. The van der Waals surface area contributed by atoms with E-state index in [1.54, 1.807) is 0 Å². The van der Waals surface area contributed by atoms with Crippen LogP contribution in [-0.2, 0) is 64.0 Å². The van der Waals surface area contributed by atoms with Gasteiger partial charge in [-0.2, -0.15) is 35.5 Å². The van der Waals surface area contributed by atoms with E-state index >= 15 is 0 Å². The Balaban J connectivity index is 1.77. The molecule has 0 spiro atoms. The van der Waals surface area contributed by atoms with Crippen LogP contribution in [0.2, 0.25) is 0 Å². The molecule has 0 aliphatic carbocycles. The third-order valence-corrected chi connectivity index (χ3v) is 12.6. The molecule has 27 heteroatoms. The Labute approximate surface area is 312 Å². The molecule has 6 N–H and O–H groups in total. The van der Waals surface area contributed by atoms with E-state index in [9.17, 15) is 61.1 Å². The minimum atomic E-state index is -5.26. The van der Waals surface area contributed by atoms with Crippen molar-refractivity contribution in [1.82, 2.24) is 0 Å². The zero-order valence-corrected chi connectivity index (χ0v) is 31.7. The maximum atomic E-state index is 12.5. The number of hydrogen-bond acceptors (Lipinski definition) is 19. The lowest BCUT2D eigenvalue weighted by molar-refractivity contribution is -0.140. The van der Waals surface area contributed by atoms with Crippen LogP contribution in [0.3, 0.4) is 0 Å². The summed E-state index contributed by atoms with van der Waals surface area (Å²) in [5, 5.41) is 25.2. The predicted octanol–water partition coefficient (Wildman–Crippen LogP) is 3.38. The molecule has 0 fully saturated rings. The smallest absolute Gasteiger partial charge is 0.397 e. The number of fused-ring (bicyclic) bond motifs is 1. The summed E-state index contributed by atoms with van der Waals surface area (Å²) in [6.45, 7) is -0.196. The number of ether oxygens (including phenoxy) is 1. The number of anilines is 1. The SMILES string of the molecule is CC(=O)OCCS(=O)(=O)c1ccc(N=Nc2c(S(=O)(=O)O)cc3cc(S(=O)(=O)O)c(N=Nc4ccc(S(=O)(=O)CCOS(=O)(=O)O)cc4)c(O)c3c2N)cc1. The van der Waals surface area contributed by atoms with Crippen molar-refractivity contribution < 1.29 is 74.6 Å². The van der Waals surface area contributed by atoms with Gasteiger partial charge in [0, 0.05) is 6.92 Å². The van der Waals surface area contributed by atoms with Crippen molar-refractivity contribution in [3.8, 4) is 5.75 Å². The highest BCUT2D eigenvalue weighted by molar-refractivity contribution is 7.91. The number of sulfone groups is 2. The molecule has 0 atom stereocenters. The van der Waals surface area contributed by atoms with E-state index in [0.717, 1.165) is 43.3 Å². The Bertz CT molecular complexity index is 2790. The van der Waals surface area contributed by atoms with Crippen LogP contribution >= 0.6 is 0 Å². The van der Waals surface area contributed by atoms with E-state index in [2.05, 4.69) is 29.4 Å². The highest BCUT2D eigenvalue weighted by Gasteiger charge is 2.28. The number of hydrogen-bond donors (Lipinski definition) is 5. The van der Waals surface area contributed by atoms with Gasteiger partial charge in [-0.05, 0) is 66.0 Å². The average Bonchev–Trinajstić information content (AvgIpc) is 3.05. The molecular weight excluding hydrogens is 839 g/mol. The minimum absolute atomic E-state index is 0.0644. The van der Waals surface area contributed by atoms with Crippen LogP contribution in [0.15, 0.2) is 101 Å². The van der Waals surface area contributed by atoms with Crippen LogP contribution in [0.25, 0.3) is 10.8 Å². The maximum Gasteiger partial charge on any atom is 0.397 e. The lowest BCUT2D eigenvalue weighted by atomic mass is 10.1. The average molecular weight is 866 g/mol. The summed E-state index contributed by atoms with van der Waals surface area (Å²) in [7, 11) is -23.4. The molecule has 4 aromatic rings. The van der Waals surface area contributed by atoms with Gasteiger partial charge in [-0.1, -0.05) is 0 Å². The molecule has 0 heterocycles. The third kappa shape index (κ3) is 10.8. The maximum absolute atomic E-state index is 12.5. The summed E-state index contributed by atoms with van der Waals surface area (Å²) in [6.07, 6.45) is 0. The number of esters is 1. The van der Waals surface area contributed by atoms with Crippen molar-refractivity contribution in [2.75, 3.05) is 30.5 Å². The molecular formula is C28H27N5O17S5. The van der Waals surface area contributed by atoms with Gasteiger partial charge < -0.3 is 15.6 Å². The summed E-state index contributed by atoms with van der Waals surface area (Å²) < 4.78 is 158. The molecule has 0 saturated heterocycles. The molecule has 0 saturated carbocycles. The number of nitrogens with zero attached hydrogens (tertiary/aromatic N) is 4. The number of azo groups is 2.